The van der Waals surface area contributed by atoms with Gasteiger partial charge < -0.3 is 15.2 Å². The van der Waals surface area contributed by atoms with Crippen LogP contribution in [0.3, 0.4) is 0 Å². The average Bonchev–Trinajstić information content (AvgIpc) is 2.72. The highest BCUT2D eigenvalue weighted by Gasteiger charge is 2.26. The highest BCUT2D eigenvalue weighted by molar-refractivity contribution is 5.29. The van der Waals surface area contributed by atoms with Crippen molar-refractivity contribution >= 4 is 0 Å². The molecule has 0 aliphatic heterocycles. The Morgan fingerprint density at radius 3 is 2.74 bits per heavy atom. The average molecular weight is 263 g/mol. The Hall–Kier alpha value is -1.06. The molecule has 0 amide bonds. The highest BCUT2D eigenvalue weighted by Crippen LogP contribution is 2.25. The molecule has 3 nitrogen and oxygen atoms in total. The third-order valence-corrected chi connectivity index (χ3v) is 3.43. The Morgan fingerprint density at radius 2 is 2.11 bits per heavy atom. The summed E-state index contributed by atoms with van der Waals surface area (Å²) in [6.07, 6.45) is 2.51. The van der Waals surface area contributed by atoms with E-state index in [4.69, 9.17) is 4.74 Å². The van der Waals surface area contributed by atoms with Crippen LogP contribution in [0.1, 0.15) is 45.6 Å². The first-order chi connectivity index (χ1) is 8.94. The molecule has 1 fully saturated rings. The van der Waals surface area contributed by atoms with E-state index >= 15 is 0 Å². The van der Waals surface area contributed by atoms with Crippen molar-refractivity contribution in [2.24, 2.45) is 0 Å². The van der Waals surface area contributed by atoms with Crippen molar-refractivity contribution in [3.63, 3.8) is 0 Å². The number of rotatable bonds is 4. The number of aliphatic hydroxyl groups excluding tert-OH is 1. The summed E-state index contributed by atoms with van der Waals surface area (Å²) < 4.78 is 5.88. The van der Waals surface area contributed by atoms with E-state index in [-0.39, 0.29) is 17.7 Å². The molecule has 2 N–H and O–H groups in total. The molecular formula is C16H25NO2. The first-order valence-electron chi connectivity index (χ1n) is 7.13. The zero-order valence-electron chi connectivity index (χ0n) is 12.1. The van der Waals surface area contributed by atoms with Crippen molar-refractivity contribution in [1.82, 2.24) is 5.32 Å². The van der Waals surface area contributed by atoms with E-state index in [0.717, 1.165) is 31.6 Å². The lowest BCUT2D eigenvalue weighted by atomic mass is 10.1. The summed E-state index contributed by atoms with van der Waals surface area (Å²) in [7, 11) is 0. The molecule has 1 aliphatic carbocycles. The Balaban J connectivity index is 1.95. The van der Waals surface area contributed by atoms with Crippen molar-refractivity contribution in [2.45, 2.75) is 64.3 Å². The molecule has 0 bridgehead atoms. The topological polar surface area (TPSA) is 41.5 Å². The quantitative estimate of drug-likeness (QED) is 0.877. The number of aliphatic hydroxyl groups is 1. The SMILES string of the molecule is CC(C)(C)NCc1cccc(OC2CCCC2O)c1. The smallest absolute Gasteiger partial charge is 0.124 e. The number of hydrogen-bond donors (Lipinski definition) is 2. The van der Waals surface area contributed by atoms with Crippen molar-refractivity contribution in [1.29, 1.82) is 0 Å². The molecule has 0 spiro atoms. The zero-order valence-corrected chi connectivity index (χ0v) is 12.1. The van der Waals surface area contributed by atoms with Gasteiger partial charge in [-0.15, -0.1) is 0 Å². The maximum absolute atomic E-state index is 9.79. The van der Waals surface area contributed by atoms with Gasteiger partial charge in [0.2, 0.25) is 0 Å². The van der Waals surface area contributed by atoms with Gasteiger partial charge in [-0.05, 0) is 57.7 Å². The molecule has 2 atom stereocenters. The Bertz CT molecular complexity index is 411. The maximum atomic E-state index is 9.79. The van der Waals surface area contributed by atoms with E-state index in [2.05, 4.69) is 38.2 Å². The second-order valence-corrected chi connectivity index (χ2v) is 6.41. The van der Waals surface area contributed by atoms with Gasteiger partial charge in [0.05, 0.1) is 6.10 Å². The third-order valence-electron chi connectivity index (χ3n) is 3.43. The number of ether oxygens (including phenoxy) is 1. The van der Waals surface area contributed by atoms with Crippen LogP contribution in [0, 0.1) is 0 Å². The lowest BCUT2D eigenvalue weighted by molar-refractivity contribution is 0.0603. The molecule has 106 valence electrons. The van der Waals surface area contributed by atoms with Gasteiger partial charge in [-0.2, -0.15) is 0 Å². The molecule has 0 saturated heterocycles. The lowest BCUT2D eigenvalue weighted by Crippen LogP contribution is -2.35. The van der Waals surface area contributed by atoms with Crippen molar-refractivity contribution in [3.05, 3.63) is 29.8 Å². The van der Waals surface area contributed by atoms with Gasteiger partial charge in [0.15, 0.2) is 0 Å². The second kappa shape index (κ2) is 5.93. The van der Waals surface area contributed by atoms with E-state index < -0.39 is 0 Å². The van der Waals surface area contributed by atoms with Gasteiger partial charge in [0.25, 0.3) is 0 Å². The fourth-order valence-corrected chi connectivity index (χ4v) is 2.31. The molecule has 19 heavy (non-hydrogen) atoms. The van der Waals surface area contributed by atoms with Gasteiger partial charge in [0, 0.05) is 12.1 Å². The molecule has 0 aromatic heterocycles. The van der Waals surface area contributed by atoms with Gasteiger partial charge in [-0.25, -0.2) is 0 Å². The fraction of sp³-hybridized carbons (Fsp3) is 0.625. The Kier molecular flexibility index (Phi) is 4.48. The molecule has 1 aliphatic rings. The molecule has 2 rings (SSSR count). The molecule has 0 heterocycles. The summed E-state index contributed by atoms with van der Waals surface area (Å²) in [4.78, 5) is 0. The van der Waals surface area contributed by atoms with Crippen LogP contribution < -0.4 is 10.1 Å². The molecule has 1 saturated carbocycles. The molecule has 0 radical (unpaired) electrons. The number of hydrogen-bond acceptors (Lipinski definition) is 3. The molecular weight excluding hydrogens is 238 g/mol. The fourth-order valence-electron chi connectivity index (χ4n) is 2.31. The molecule has 3 heteroatoms. The van der Waals surface area contributed by atoms with E-state index in [1.54, 1.807) is 0 Å². The first kappa shape index (κ1) is 14.4. The molecule has 1 aromatic carbocycles. The lowest BCUT2D eigenvalue weighted by Gasteiger charge is -2.21. The Morgan fingerprint density at radius 1 is 1.32 bits per heavy atom. The van der Waals surface area contributed by atoms with E-state index in [9.17, 15) is 5.11 Å². The summed E-state index contributed by atoms with van der Waals surface area (Å²) in [5.41, 5.74) is 1.32. The summed E-state index contributed by atoms with van der Waals surface area (Å²) in [5.74, 6) is 0.860. The summed E-state index contributed by atoms with van der Waals surface area (Å²) in [6.45, 7) is 7.29. The van der Waals surface area contributed by atoms with E-state index in [1.807, 2.05) is 12.1 Å². The first-order valence-corrected chi connectivity index (χ1v) is 7.13. The third kappa shape index (κ3) is 4.51. The Labute approximate surface area is 116 Å². The van der Waals surface area contributed by atoms with Crippen LogP contribution in [-0.4, -0.2) is 22.9 Å². The van der Waals surface area contributed by atoms with Crippen molar-refractivity contribution in [2.75, 3.05) is 0 Å². The number of benzene rings is 1. The van der Waals surface area contributed by atoms with E-state index in [1.165, 1.54) is 5.56 Å². The van der Waals surface area contributed by atoms with Gasteiger partial charge in [0.1, 0.15) is 11.9 Å². The normalized spacial score (nSPS) is 23.6. The van der Waals surface area contributed by atoms with Crippen LogP contribution >= 0.6 is 0 Å². The van der Waals surface area contributed by atoms with Crippen LogP contribution in [0.5, 0.6) is 5.75 Å². The van der Waals surface area contributed by atoms with Crippen molar-refractivity contribution < 1.29 is 9.84 Å². The number of nitrogens with one attached hydrogen (secondary N) is 1. The van der Waals surface area contributed by atoms with Gasteiger partial charge in [-0.1, -0.05) is 12.1 Å². The van der Waals surface area contributed by atoms with E-state index in [0.29, 0.717) is 0 Å². The predicted octanol–water partition coefficient (Wildman–Crippen LogP) is 2.87. The second-order valence-electron chi connectivity index (χ2n) is 6.41. The highest BCUT2D eigenvalue weighted by atomic mass is 16.5. The zero-order chi connectivity index (χ0) is 13.9. The van der Waals surface area contributed by atoms with Gasteiger partial charge in [-0.3, -0.25) is 0 Å². The predicted molar refractivity (Wildman–Crippen MR) is 77.3 cm³/mol. The van der Waals surface area contributed by atoms with Gasteiger partial charge >= 0.3 is 0 Å². The minimum absolute atomic E-state index is 0.0363. The minimum atomic E-state index is -0.309. The summed E-state index contributed by atoms with van der Waals surface area (Å²) in [6, 6.07) is 8.13. The minimum Gasteiger partial charge on any atom is -0.488 e. The molecule has 2 unspecified atom stereocenters. The van der Waals surface area contributed by atoms with Crippen LogP contribution in [0.2, 0.25) is 0 Å². The maximum Gasteiger partial charge on any atom is 0.124 e. The van der Waals surface area contributed by atoms with Crippen LogP contribution in [-0.2, 0) is 6.54 Å². The van der Waals surface area contributed by atoms with Crippen molar-refractivity contribution in [3.8, 4) is 5.75 Å². The summed E-state index contributed by atoms with van der Waals surface area (Å²) >= 11 is 0. The molecule has 1 aromatic rings. The van der Waals surface area contributed by atoms with Crippen LogP contribution in [0.15, 0.2) is 24.3 Å². The standard InChI is InChI=1S/C16H25NO2/c1-16(2,3)17-11-12-6-4-7-13(10-12)19-15-9-5-8-14(15)18/h4,6-7,10,14-15,17-18H,5,8-9,11H2,1-3H3. The monoisotopic (exact) mass is 263 g/mol. The largest absolute Gasteiger partial charge is 0.488 e. The summed E-state index contributed by atoms with van der Waals surface area (Å²) in [5, 5.41) is 13.3. The van der Waals surface area contributed by atoms with Crippen LogP contribution in [0.25, 0.3) is 0 Å². The van der Waals surface area contributed by atoms with Crippen LogP contribution in [0.4, 0.5) is 0 Å².